The van der Waals surface area contributed by atoms with Crippen LogP contribution in [0.25, 0.3) is 11.0 Å². The summed E-state index contributed by atoms with van der Waals surface area (Å²) in [6.07, 6.45) is 6.80. The minimum atomic E-state index is -0.881. The number of aromatic amines is 1. The predicted molar refractivity (Wildman–Crippen MR) is 119 cm³/mol. The smallest absolute Gasteiger partial charge is 0.335 e. The number of likely N-dealkylation sites (tertiary alicyclic amines) is 1. The zero-order valence-corrected chi connectivity index (χ0v) is 18.1. The van der Waals surface area contributed by atoms with Crippen LogP contribution in [-0.4, -0.2) is 39.6 Å². The number of aromatic nitrogens is 2. The lowest BCUT2D eigenvalue weighted by atomic mass is 9.83. The molecule has 1 saturated carbocycles. The van der Waals surface area contributed by atoms with Crippen LogP contribution in [0.4, 0.5) is 0 Å². The van der Waals surface area contributed by atoms with Crippen LogP contribution in [-0.2, 0) is 6.54 Å². The first-order valence-corrected chi connectivity index (χ1v) is 11.1. The van der Waals surface area contributed by atoms with Gasteiger partial charge in [0.25, 0.3) is 0 Å². The van der Waals surface area contributed by atoms with E-state index in [1.54, 1.807) is 25.6 Å². The molecule has 2 aromatic carbocycles. The summed E-state index contributed by atoms with van der Waals surface area (Å²) >= 11 is 0. The molecule has 162 valence electrons. The number of fused-ring (bicyclic) bond motifs is 1. The molecule has 1 aliphatic heterocycles. The van der Waals surface area contributed by atoms with Crippen LogP contribution < -0.4 is 4.74 Å². The average molecular weight is 420 g/mol. The van der Waals surface area contributed by atoms with Gasteiger partial charge in [-0.1, -0.05) is 12.1 Å². The SMILES string of the molecule is COc1cc(C)c2[nH]cnc2c1CN1CC[C@@H](C2CC2)C[C@H]1c1ccc(C(=O)O)cc1. The molecule has 1 saturated heterocycles. The number of methoxy groups -OCH3 is 1. The third-order valence-corrected chi connectivity index (χ3v) is 7.13. The molecular weight excluding hydrogens is 390 g/mol. The Balaban J connectivity index is 1.49. The Labute approximate surface area is 182 Å². The van der Waals surface area contributed by atoms with Gasteiger partial charge in [0, 0.05) is 18.2 Å². The van der Waals surface area contributed by atoms with Crippen LogP contribution in [0.15, 0.2) is 36.7 Å². The molecule has 5 rings (SSSR count). The van der Waals surface area contributed by atoms with Crippen molar-refractivity contribution < 1.29 is 14.6 Å². The number of H-pyrrole nitrogens is 1. The van der Waals surface area contributed by atoms with Crippen molar-refractivity contribution in [3.05, 3.63) is 58.9 Å². The van der Waals surface area contributed by atoms with Gasteiger partial charge in [-0.25, -0.2) is 9.78 Å². The maximum Gasteiger partial charge on any atom is 0.335 e. The Morgan fingerprint density at radius 3 is 2.68 bits per heavy atom. The Morgan fingerprint density at radius 2 is 2.00 bits per heavy atom. The Bertz CT molecular complexity index is 1100. The summed E-state index contributed by atoms with van der Waals surface area (Å²) in [5.41, 5.74) is 5.80. The van der Waals surface area contributed by atoms with E-state index in [9.17, 15) is 9.90 Å². The quantitative estimate of drug-likeness (QED) is 0.592. The number of carboxylic acid groups (broad SMARTS) is 1. The highest BCUT2D eigenvalue weighted by molar-refractivity contribution is 5.87. The van der Waals surface area contributed by atoms with Crippen LogP contribution in [0.3, 0.4) is 0 Å². The molecule has 2 N–H and O–H groups in total. The minimum Gasteiger partial charge on any atom is -0.496 e. The maximum absolute atomic E-state index is 11.3. The number of rotatable bonds is 6. The van der Waals surface area contributed by atoms with Crippen molar-refractivity contribution in [1.82, 2.24) is 14.9 Å². The summed E-state index contributed by atoms with van der Waals surface area (Å²) in [6, 6.07) is 9.80. The van der Waals surface area contributed by atoms with E-state index in [2.05, 4.69) is 27.9 Å². The van der Waals surface area contributed by atoms with E-state index in [0.717, 1.165) is 59.3 Å². The summed E-state index contributed by atoms with van der Waals surface area (Å²) in [6.45, 7) is 3.85. The number of benzene rings is 2. The minimum absolute atomic E-state index is 0.266. The molecule has 0 amide bonds. The molecule has 2 fully saturated rings. The largest absolute Gasteiger partial charge is 0.496 e. The third-order valence-electron chi connectivity index (χ3n) is 7.13. The maximum atomic E-state index is 11.3. The first-order chi connectivity index (χ1) is 15.0. The molecule has 2 aliphatic rings. The number of piperidine rings is 1. The number of carboxylic acids is 1. The summed E-state index contributed by atoms with van der Waals surface area (Å²) in [7, 11) is 1.72. The molecule has 0 unspecified atom stereocenters. The van der Waals surface area contributed by atoms with Crippen LogP contribution in [0.5, 0.6) is 5.75 Å². The highest BCUT2D eigenvalue weighted by atomic mass is 16.5. The highest BCUT2D eigenvalue weighted by Gasteiger charge is 2.38. The van der Waals surface area contributed by atoms with E-state index in [4.69, 9.17) is 4.74 Å². The topological polar surface area (TPSA) is 78.5 Å². The van der Waals surface area contributed by atoms with Gasteiger partial charge in [0.2, 0.25) is 0 Å². The van der Waals surface area contributed by atoms with Crippen molar-refractivity contribution in [3.8, 4) is 5.75 Å². The number of nitrogens with zero attached hydrogens (tertiary/aromatic N) is 2. The van der Waals surface area contributed by atoms with Crippen LogP contribution in [0.2, 0.25) is 0 Å². The predicted octanol–water partition coefficient (Wildman–Crippen LogP) is 4.94. The van der Waals surface area contributed by atoms with Crippen molar-refractivity contribution in [2.24, 2.45) is 11.8 Å². The first kappa shape index (κ1) is 20.1. The third kappa shape index (κ3) is 3.81. The number of aryl methyl sites for hydroxylation is 1. The van der Waals surface area contributed by atoms with Crippen molar-refractivity contribution in [2.75, 3.05) is 13.7 Å². The van der Waals surface area contributed by atoms with Gasteiger partial charge in [-0.05, 0) is 80.3 Å². The van der Waals surface area contributed by atoms with E-state index in [1.165, 1.54) is 24.8 Å². The van der Waals surface area contributed by atoms with Crippen molar-refractivity contribution in [2.45, 2.75) is 45.2 Å². The second-order valence-corrected chi connectivity index (χ2v) is 9.04. The summed E-state index contributed by atoms with van der Waals surface area (Å²) in [4.78, 5) is 21.7. The Hall–Kier alpha value is -2.86. The number of nitrogens with one attached hydrogen (secondary N) is 1. The standard InChI is InChI=1S/C25H29N3O3/c1-15-11-22(31-2)20(24-23(15)26-14-27-24)13-28-10-9-19(16-3-4-16)12-21(28)17-5-7-18(8-6-17)25(29)30/h5-8,11,14,16,19,21H,3-4,9-10,12-13H2,1-2H3,(H,26,27)(H,29,30)/t19-,21+/m1/s1. The molecule has 2 atom stereocenters. The zero-order valence-electron chi connectivity index (χ0n) is 18.1. The fraction of sp³-hybridized carbons (Fsp3) is 0.440. The Morgan fingerprint density at radius 1 is 1.23 bits per heavy atom. The number of hydrogen-bond acceptors (Lipinski definition) is 4. The lowest BCUT2D eigenvalue weighted by Gasteiger charge is -2.40. The second kappa shape index (κ2) is 8.00. The van der Waals surface area contributed by atoms with Crippen molar-refractivity contribution >= 4 is 17.0 Å². The van der Waals surface area contributed by atoms with Gasteiger partial charge in [-0.3, -0.25) is 4.90 Å². The fourth-order valence-corrected chi connectivity index (χ4v) is 5.26. The molecule has 0 spiro atoms. The Kier molecular flexibility index (Phi) is 5.18. The molecule has 1 aliphatic carbocycles. The fourth-order valence-electron chi connectivity index (χ4n) is 5.26. The lowest BCUT2D eigenvalue weighted by molar-refractivity contribution is 0.0696. The summed E-state index contributed by atoms with van der Waals surface area (Å²) < 4.78 is 5.75. The van der Waals surface area contributed by atoms with Crippen molar-refractivity contribution in [1.29, 1.82) is 0 Å². The summed E-state index contributed by atoms with van der Waals surface area (Å²) in [5, 5.41) is 9.28. The van der Waals surface area contributed by atoms with E-state index < -0.39 is 5.97 Å². The molecule has 0 radical (unpaired) electrons. The van der Waals surface area contributed by atoms with Gasteiger partial charge >= 0.3 is 5.97 Å². The normalized spacial score (nSPS) is 22.0. The molecular formula is C25H29N3O3. The molecule has 2 heterocycles. The first-order valence-electron chi connectivity index (χ1n) is 11.1. The summed E-state index contributed by atoms with van der Waals surface area (Å²) in [5.74, 6) is 1.62. The van der Waals surface area contributed by atoms with Gasteiger partial charge in [0.1, 0.15) is 5.75 Å². The van der Waals surface area contributed by atoms with Gasteiger partial charge in [0.05, 0.1) is 30.0 Å². The van der Waals surface area contributed by atoms with Crippen LogP contribution in [0, 0.1) is 18.8 Å². The number of imidazole rings is 1. The average Bonchev–Trinajstić information content (AvgIpc) is 3.51. The number of carbonyl (C=O) groups is 1. The number of ether oxygens (including phenoxy) is 1. The van der Waals surface area contributed by atoms with E-state index in [-0.39, 0.29) is 6.04 Å². The van der Waals surface area contributed by atoms with Crippen LogP contribution in [0.1, 0.15) is 58.8 Å². The molecule has 6 nitrogen and oxygen atoms in total. The second-order valence-electron chi connectivity index (χ2n) is 9.04. The van der Waals surface area contributed by atoms with Gasteiger partial charge < -0.3 is 14.8 Å². The van der Waals surface area contributed by atoms with E-state index in [1.807, 2.05) is 12.1 Å². The molecule has 1 aromatic heterocycles. The van der Waals surface area contributed by atoms with Crippen LogP contribution >= 0.6 is 0 Å². The van der Waals surface area contributed by atoms with E-state index >= 15 is 0 Å². The highest BCUT2D eigenvalue weighted by Crippen LogP contribution is 2.47. The molecule has 3 aromatic rings. The lowest BCUT2D eigenvalue weighted by Crippen LogP contribution is -2.37. The van der Waals surface area contributed by atoms with Gasteiger partial charge in [-0.15, -0.1) is 0 Å². The monoisotopic (exact) mass is 419 g/mol. The molecule has 6 heteroatoms. The molecule has 31 heavy (non-hydrogen) atoms. The zero-order chi connectivity index (χ0) is 21.5. The van der Waals surface area contributed by atoms with E-state index in [0.29, 0.717) is 5.56 Å². The van der Waals surface area contributed by atoms with Gasteiger partial charge in [-0.2, -0.15) is 0 Å². The number of aromatic carboxylic acids is 1. The molecule has 0 bridgehead atoms. The van der Waals surface area contributed by atoms with Crippen molar-refractivity contribution in [3.63, 3.8) is 0 Å². The van der Waals surface area contributed by atoms with Gasteiger partial charge in [0.15, 0.2) is 0 Å². The number of hydrogen-bond donors (Lipinski definition) is 2.